The molecule has 0 bridgehead atoms. The molecular weight excluding hydrogens is 314 g/mol. The fraction of sp³-hybridized carbons (Fsp3) is 0.476. The van der Waals surface area contributed by atoms with Gasteiger partial charge in [-0.25, -0.2) is 0 Å². The van der Waals surface area contributed by atoms with E-state index < -0.39 is 6.04 Å². The van der Waals surface area contributed by atoms with Gasteiger partial charge in [-0.15, -0.1) is 0 Å². The van der Waals surface area contributed by atoms with E-state index in [1.807, 2.05) is 39.8 Å². The summed E-state index contributed by atoms with van der Waals surface area (Å²) in [6, 6.07) is 4.94. The topological polar surface area (TPSA) is 54.5 Å². The van der Waals surface area contributed by atoms with E-state index in [0.717, 1.165) is 17.5 Å². The molecule has 1 amide bonds. The average molecular weight is 343 g/mol. The second-order valence-electron chi connectivity index (χ2n) is 6.12. The zero-order valence-corrected chi connectivity index (χ0v) is 16.0. The van der Waals surface area contributed by atoms with E-state index >= 15 is 0 Å². The number of ketones is 2. The van der Waals surface area contributed by atoms with Gasteiger partial charge in [0.05, 0.1) is 6.04 Å². The Hall–Kier alpha value is -2.23. The molecule has 25 heavy (non-hydrogen) atoms. The minimum absolute atomic E-state index is 0.117. The van der Waals surface area contributed by atoms with Gasteiger partial charge in [-0.2, -0.15) is 0 Å². The van der Waals surface area contributed by atoms with E-state index in [-0.39, 0.29) is 17.5 Å². The van der Waals surface area contributed by atoms with Crippen molar-refractivity contribution in [2.75, 3.05) is 0 Å². The minimum atomic E-state index is -0.622. The summed E-state index contributed by atoms with van der Waals surface area (Å²) in [5.41, 5.74) is 2.95. The van der Waals surface area contributed by atoms with E-state index in [9.17, 15) is 14.4 Å². The van der Waals surface area contributed by atoms with Gasteiger partial charge in [0, 0.05) is 29.7 Å². The van der Waals surface area contributed by atoms with Crippen molar-refractivity contribution in [3.05, 3.63) is 41.5 Å². The van der Waals surface area contributed by atoms with Crippen LogP contribution in [0.15, 0.2) is 24.8 Å². The number of rotatable bonds is 7. The van der Waals surface area contributed by atoms with Crippen LogP contribution in [0.2, 0.25) is 0 Å². The lowest BCUT2D eigenvalue weighted by Crippen LogP contribution is -2.40. The number of hydrogen-bond donors (Lipinski definition) is 0. The second-order valence-corrected chi connectivity index (χ2v) is 6.12. The van der Waals surface area contributed by atoms with Crippen LogP contribution in [0.25, 0.3) is 5.70 Å². The summed E-state index contributed by atoms with van der Waals surface area (Å²) in [4.78, 5) is 38.0. The molecule has 2 rings (SSSR count). The highest BCUT2D eigenvalue weighted by Gasteiger charge is 2.37. The zero-order chi connectivity index (χ0) is 19.1. The smallest absolute Gasteiger partial charge is 0.259 e. The van der Waals surface area contributed by atoms with Crippen LogP contribution in [0.4, 0.5) is 0 Å². The van der Waals surface area contributed by atoms with Crippen LogP contribution in [0, 0.1) is 6.92 Å². The van der Waals surface area contributed by atoms with Crippen molar-refractivity contribution in [3.63, 3.8) is 0 Å². The van der Waals surface area contributed by atoms with Crippen LogP contribution in [0.5, 0.6) is 0 Å². The van der Waals surface area contributed by atoms with Gasteiger partial charge in [0.1, 0.15) is 5.78 Å². The molecule has 0 fully saturated rings. The molecule has 1 aromatic rings. The molecule has 1 unspecified atom stereocenters. The van der Waals surface area contributed by atoms with Crippen molar-refractivity contribution in [2.45, 2.75) is 66.3 Å². The summed E-state index contributed by atoms with van der Waals surface area (Å²) in [7, 11) is 0. The number of benzene rings is 1. The van der Waals surface area contributed by atoms with E-state index in [4.69, 9.17) is 0 Å². The van der Waals surface area contributed by atoms with Gasteiger partial charge in [-0.1, -0.05) is 39.0 Å². The third kappa shape index (κ3) is 4.65. The Balaban J connectivity index is 0.00000151. The maximum atomic E-state index is 12.7. The molecule has 0 spiro atoms. The average Bonchev–Trinajstić information content (AvgIpc) is 2.81. The fourth-order valence-electron chi connectivity index (χ4n) is 3.01. The van der Waals surface area contributed by atoms with E-state index in [0.29, 0.717) is 30.5 Å². The standard InChI is InChI=1S/C19H23NO3.C2H6/c1-5-6-15(22)8-10-18(14(4)21)20-13(3)17-11-12(2)7-9-16(17)19(20)23;1-2/h7,9,11,18H,3,5-6,8,10H2,1-2,4H3;1-2H3. The third-order valence-electron chi connectivity index (χ3n) is 4.23. The number of hydrogen-bond acceptors (Lipinski definition) is 3. The van der Waals surface area contributed by atoms with Crippen LogP contribution in [0.3, 0.4) is 0 Å². The molecule has 0 radical (unpaired) electrons. The predicted octanol–water partition coefficient (Wildman–Crippen LogP) is 4.55. The van der Waals surface area contributed by atoms with Gasteiger partial charge in [-0.05, 0) is 38.8 Å². The molecule has 1 aromatic carbocycles. The van der Waals surface area contributed by atoms with Crippen molar-refractivity contribution in [3.8, 4) is 0 Å². The first-order valence-electron chi connectivity index (χ1n) is 9.02. The van der Waals surface area contributed by atoms with Crippen molar-refractivity contribution >= 4 is 23.2 Å². The molecule has 4 heteroatoms. The maximum Gasteiger partial charge on any atom is 0.259 e. The van der Waals surface area contributed by atoms with Crippen molar-refractivity contribution < 1.29 is 14.4 Å². The molecule has 1 aliphatic rings. The van der Waals surface area contributed by atoms with Gasteiger partial charge < -0.3 is 0 Å². The summed E-state index contributed by atoms with van der Waals surface area (Å²) < 4.78 is 0. The number of nitrogens with zero attached hydrogens (tertiary/aromatic N) is 1. The first-order valence-corrected chi connectivity index (χ1v) is 9.02. The molecule has 1 heterocycles. The van der Waals surface area contributed by atoms with Crippen molar-refractivity contribution in [1.29, 1.82) is 0 Å². The lowest BCUT2D eigenvalue weighted by Gasteiger charge is -2.26. The molecule has 1 aliphatic heterocycles. The second kappa shape index (κ2) is 9.30. The predicted molar refractivity (Wildman–Crippen MR) is 101 cm³/mol. The molecule has 0 saturated carbocycles. The van der Waals surface area contributed by atoms with Crippen molar-refractivity contribution in [1.82, 2.24) is 4.90 Å². The van der Waals surface area contributed by atoms with E-state index in [1.54, 1.807) is 6.07 Å². The van der Waals surface area contributed by atoms with Crippen LogP contribution in [0.1, 0.15) is 74.9 Å². The Kier molecular flexibility index (Phi) is 7.75. The van der Waals surface area contributed by atoms with Gasteiger partial charge in [0.25, 0.3) is 5.91 Å². The Morgan fingerprint density at radius 2 is 1.80 bits per heavy atom. The molecule has 1 atom stereocenters. The first kappa shape index (κ1) is 20.8. The SMILES string of the molecule is C=C1c2cc(C)ccc2C(=O)N1C(CCC(=O)CCC)C(C)=O.CC. The summed E-state index contributed by atoms with van der Waals surface area (Å²) in [5.74, 6) is -0.189. The highest BCUT2D eigenvalue weighted by molar-refractivity contribution is 6.11. The summed E-state index contributed by atoms with van der Waals surface area (Å²) in [6.45, 7) is 13.4. The number of carbonyl (C=O) groups is 3. The van der Waals surface area contributed by atoms with Crippen molar-refractivity contribution in [2.24, 2.45) is 0 Å². The highest BCUT2D eigenvalue weighted by atomic mass is 16.2. The lowest BCUT2D eigenvalue weighted by atomic mass is 10.0. The maximum absolute atomic E-state index is 12.7. The van der Waals surface area contributed by atoms with Crippen LogP contribution < -0.4 is 0 Å². The third-order valence-corrected chi connectivity index (χ3v) is 4.23. The molecule has 136 valence electrons. The Labute approximate surface area is 150 Å². The zero-order valence-electron chi connectivity index (χ0n) is 16.0. The van der Waals surface area contributed by atoms with Gasteiger partial charge in [0.15, 0.2) is 5.78 Å². The number of carbonyl (C=O) groups excluding carboxylic acids is 3. The monoisotopic (exact) mass is 343 g/mol. The minimum Gasteiger partial charge on any atom is -0.300 e. The molecule has 4 nitrogen and oxygen atoms in total. The summed E-state index contributed by atoms with van der Waals surface area (Å²) in [6.07, 6.45) is 1.97. The number of aryl methyl sites for hydroxylation is 1. The summed E-state index contributed by atoms with van der Waals surface area (Å²) >= 11 is 0. The quantitative estimate of drug-likeness (QED) is 0.729. The largest absolute Gasteiger partial charge is 0.300 e. The number of fused-ring (bicyclic) bond motifs is 1. The highest BCUT2D eigenvalue weighted by Crippen LogP contribution is 2.35. The molecule has 0 saturated heterocycles. The lowest BCUT2D eigenvalue weighted by molar-refractivity contribution is -0.122. The molecular formula is C21H29NO3. The Morgan fingerprint density at radius 3 is 2.36 bits per heavy atom. The Bertz CT molecular complexity index is 676. The van der Waals surface area contributed by atoms with Gasteiger partial charge in [0.2, 0.25) is 0 Å². The fourth-order valence-corrected chi connectivity index (χ4v) is 3.01. The van der Waals surface area contributed by atoms with Crippen LogP contribution in [-0.2, 0) is 9.59 Å². The van der Waals surface area contributed by atoms with E-state index in [2.05, 4.69) is 6.58 Å². The van der Waals surface area contributed by atoms with E-state index in [1.165, 1.54) is 11.8 Å². The first-order chi connectivity index (χ1) is 11.9. The van der Waals surface area contributed by atoms with Gasteiger partial charge in [-0.3, -0.25) is 19.3 Å². The molecule has 0 aliphatic carbocycles. The Morgan fingerprint density at radius 1 is 1.16 bits per heavy atom. The normalized spacial score (nSPS) is 13.9. The van der Waals surface area contributed by atoms with Crippen LogP contribution >= 0.6 is 0 Å². The van der Waals surface area contributed by atoms with Gasteiger partial charge >= 0.3 is 0 Å². The summed E-state index contributed by atoms with van der Waals surface area (Å²) in [5, 5.41) is 0. The van der Waals surface area contributed by atoms with Crippen LogP contribution in [-0.4, -0.2) is 28.4 Å². The number of Topliss-reactive ketones (excluding diaryl/α,β-unsaturated/α-hetero) is 2. The molecule has 0 N–H and O–H groups in total. The molecule has 0 aromatic heterocycles. The number of amides is 1.